The Morgan fingerprint density at radius 2 is 1.43 bits per heavy atom. The van der Waals surface area contributed by atoms with Crippen LogP contribution < -0.4 is 5.14 Å². The monoisotopic (exact) mass is 351 g/mol. The van der Waals surface area contributed by atoms with Crippen LogP contribution in [0.25, 0.3) is 22.3 Å². The summed E-state index contributed by atoms with van der Waals surface area (Å²) in [5.41, 5.74) is 2.87. The van der Waals surface area contributed by atoms with Crippen molar-refractivity contribution in [3.8, 4) is 22.3 Å². The van der Waals surface area contributed by atoms with Crippen LogP contribution in [-0.4, -0.2) is 8.42 Å². The van der Waals surface area contributed by atoms with E-state index in [4.69, 9.17) is 5.14 Å². The average molecular weight is 351 g/mol. The number of benzene rings is 2. The van der Waals surface area contributed by atoms with Crippen LogP contribution in [0.3, 0.4) is 0 Å². The Morgan fingerprint density at radius 1 is 0.870 bits per heavy atom. The van der Waals surface area contributed by atoms with E-state index in [1.165, 1.54) is 29.5 Å². The molecule has 0 fully saturated rings. The second-order valence-electron chi connectivity index (χ2n) is 4.90. The fourth-order valence-corrected chi connectivity index (χ4v) is 3.73. The highest BCUT2D eigenvalue weighted by Crippen LogP contribution is 2.36. The molecule has 0 atom stereocenters. The molecular formula is C16H11F2NO2S2. The number of hydrogen-bond donors (Lipinski definition) is 1. The van der Waals surface area contributed by atoms with Gasteiger partial charge in [-0.05, 0) is 46.2 Å². The summed E-state index contributed by atoms with van der Waals surface area (Å²) in [5.74, 6) is -1.24. The molecular weight excluding hydrogens is 340 g/mol. The van der Waals surface area contributed by atoms with Gasteiger partial charge in [0.05, 0.1) is 0 Å². The maximum atomic E-state index is 14.0. The SMILES string of the molecule is NS(=O)(=O)c1ccc(-c2cscc2-c2ccc(F)cc2)cc1F. The van der Waals surface area contributed by atoms with Crippen molar-refractivity contribution in [2.45, 2.75) is 4.90 Å². The quantitative estimate of drug-likeness (QED) is 0.775. The number of hydrogen-bond acceptors (Lipinski definition) is 3. The predicted molar refractivity (Wildman–Crippen MR) is 86.5 cm³/mol. The second-order valence-corrected chi connectivity index (χ2v) is 7.17. The zero-order valence-corrected chi connectivity index (χ0v) is 13.3. The van der Waals surface area contributed by atoms with Gasteiger partial charge in [-0.15, -0.1) is 0 Å². The summed E-state index contributed by atoms with van der Waals surface area (Å²) in [7, 11) is -4.10. The highest BCUT2D eigenvalue weighted by molar-refractivity contribution is 7.89. The Balaban J connectivity index is 2.09. The van der Waals surface area contributed by atoms with Gasteiger partial charge in [-0.1, -0.05) is 18.2 Å². The first-order valence-corrected chi connectivity index (χ1v) is 9.00. The number of rotatable bonds is 3. The minimum absolute atomic E-state index is 0.339. The highest BCUT2D eigenvalue weighted by atomic mass is 32.2. The largest absolute Gasteiger partial charge is 0.240 e. The molecule has 0 saturated carbocycles. The molecule has 3 rings (SSSR count). The zero-order valence-electron chi connectivity index (χ0n) is 11.7. The molecule has 0 aliphatic rings. The molecule has 1 aromatic heterocycles. The summed E-state index contributed by atoms with van der Waals surface area (Å²) in [5, 5.41) is 8.65. The number of primary sulfonamides is 1. The lowest BCUT2D eigenvalue weighted by Crippen LogP contribution is -2.13. The normalized spacial score (nSPS) is 11.6. The third-order valence-electron chi connectivity index (χ3n) is 3.37. The van der Waals surface area contributed by atoms with Gasteiger partial charge in [0, 0.05) is 11.1 Å². The van der Waals surface area contributed by atoms with Crippen LogP contribution in [0.15, 0.2) is 58.1 Å². The predicted octanol–water partition coefficient (Wildman–Crippen LogP) is 4.01. The summed E-state index contributed by atoms with van der Waals surface area (Å²) in [6.07, 6.45) is 0. The fraction of sp³-hybridized carbons (Fsp3) is 0. The van der Waals surface area contributed by atoms with Gasteiger partial charge in [0.2, 0.25) is 10.0 Å². The summed E-state index contributed by atoms with van der Waals surface area (Å²) < 4.78 is 49.6. The molecule has 0 radical (unpaired) electrons. The summed E-state index contributed by atoms with van der Waals surface area (Å²) >= 11 is 1.42. The first-order valence-electron chi connectivity index (χ1n) is 6.51. The molecule has 7 heteroatoms. The van der Waals surface area contributed by atoms with Gasteiger partial charge in [-0.25, -0.2) is 22.3 Å². The van der Waals surface area contributed by atoms with E-state index in [1.807, 2.05) is 10.8 Å². The molecule has 0 amide bonds. The van der Waals surface area contributed by atoms with Gasteiger partial charge in [0.1, 0.15) is 16.5 Å². The van der Waals surface area contributed by atoms with Crippen LogP contribution in [-0.2, 0) is 10.0 Å². The van der Waals surface area contributed by atoms with E-state index >= 15 is 0 Å². The molecule has 3 nitrogen and oxygen atoms in total. The van der Waals surface area contributed by atoms with Gasteiger partial charge < -0.3 is 0 Å². The van der Waals surface area contributed by atoms with Crippen molar-refractivity contribution in [3.63, 3.8) is 0 Å². The minimum Gasteiger partial charge on any atom is -0.225 e. The summed E-state index contributed by atoms with van der Waals surface area (Å²) in [4.78, 5) is -0.542. The molecule has 23 heavy (non-hydrogen) atoms. The van der Waals surface area contributed by atoms with E-state index in [2.05, 4.69) is 0 Å². The Hall–Kier alpha value is -2.09. The minimum atomic E-state index is -4.10. The van der Waals surface area contributed by atoms with Crippen molar-refractivity contribution in [1.29, 1.82) is 0 Å². The van der Waals surface area contributed by atoms with E-state index in [-0.39, 0.29) is 5.82 Å². The molecule has 0 aliphatic heterocycles. The zero-order chi connectivity index (χ0) is 16.6. The van der Waals surface area contributed by atoms with Gasteiger partial charge in [0.15, 0.2) is 0 Å². The molecule has 0 aliphatic carbocycles. The number of halogens is 2. The first-order chi connectivity index (χ1) is 10.9. The molecule has 0 unspecified atom stereocenters. The Morgan fingerprint density at radius 3 is 2.00 bits per heavy atom. The fourth-order valence-electron chi connectivity index (χ4n) is 2.27. The summed E-state index contributed by atoms with van der Waals surface area (Å²) in [6, 6.07) is 9.74. The van der Waals surface area contributed by atoms with E-state index < -0.39 is 20.7 Å². The molecule has 0 saturated heterocycles. The lowest BCUT2D eigenvalue weighted by atomic mass is 9.99. The van der Waals surface area contributed by atoms with E-state index in [1.54, 1.807) is 12.1 Å². The molecule has 0 bridgehead atoms. The van der Waals surface area contributed by atoms with Crippen molar-refractivity contribution in [3.05, 3.63) is 64.9 Å². The second kappa shape index (κ2) is 5.84. The van der Waals surface area contributed by atoms with Crippen molar-refractivity contribution >= 4 is 21.4 Å². The third kappa shape index (κ3) is 3.17. The van der Waals surface area contributed by atoms with Gasteiger partial charge in [0.25, 0.3) is 0 Å². The Labute approximate surface area is 136 Å². The maximum absolute atomic E-state index is 14.0. The molecule has 2 aromatic carbocycles. The topological polar surface area (TPSA) is 60.2 Å². The Bertz CT molecular complexity index is 964. The van der Waals surface area contributed by atoms with Crippen molar-refractivity contribution < 1.29 is 17.2 Å². The highest BCUT2D eigenvalue weighted by Gasteiger charge is 2.16. The van der Waals surface area contributed by atoms with Gasteiger partial charge >= 0.3 is 0 Å². The van der Waals surface area contributed by atoms with Crippen LogP contribution in [0.5, 0.6) is 0 Å². The average Bonchev–Trinajstić information content (AvgIpc) is 2.96. The van der Waals surface area contributed by atoms with E-state index in [0.29, 0.717) is 5.56 Å². The van der Waals surface area contributed by atoms with Crippen LogP contribution in [0, 0.1) is 11.6 Å². The summed E-state index contributed by atoms with van der Waals surface area (Å²) in [6.45, 7) is 0. The van der Waals surface area contributed by atoms with Crippen LogP contribution >= 0.6 is 11.3 Å². The molecule has 3 aromatic rings. The number of nitrogens with two attached hydrogens (primary N) is 1. The van der Waals surface area contributed by atoms with Crippen LogP contribution in [0.4, 0.5) is 8.78 Å². The smallest absolute Gasteiger partial charge is 0.225 e. The lowest BCUT2D eigenvalue weighted by molar-refractivity contribution is 0.568. The number of sulfonamides is 1. The molecule has 118 valence electrons. The molecule has 0 spiro atoms. The lowest BCUT2D eigenvalue weighted by Gasteiger charge is -2.07. The van der Waals surface area contributed by atoms with E-state index in [0.717, 1.165) is 28.8 Å². The van der Waals surface area contributed by atoms with Crippen molar-refractivity contribution in [2.24, 2.45) is 5.14 Å². The van der Waals surface area contributed by atoms with Crippen molar-refractivity contribution in [1.82, 2.24) is 0 Å². The van der Waals surface area contributed by atoms with Crippen LogP contribution in [0.1, 0.15) is 0 Å². The standard InChI is InChI=1S/C16H11F2NO2S2/c17-12-4-1-10(2-5-12)13-8-22-9-14(13)11-3-6-16(15(18)7-11)23(19,20)21/h1-9H,(H2,19,20,21). The van der Waals surface area contributed by atoms with E-state index in [9.17, 15) is 17.2 Å². The first kappa shape index (κ1) is 15.8. The van der Waals surface area contributed by atoms with Gasteiger partial charge in [-0.2, -0.15) is 11.3 Å². The van der Waals surface area contributed by atoms with Gasteiger partial charge in [-0.3, -0.25) is 0 Å². The Kier molecular flexibility index (Phi) is 4.01. The number of thiophene rings is 1. The molecule has 1 heterocycles. The maximum Gasteiger partial charge on any atom is 0.240 e. The van der Waals surface area contributed by atoms with Crippen LogP contribution in [0.2, 0.25) is 0 Å². The third-order valence-corrected chi connectivity index (χ3v) is 5.05. The van der Waals surface area contributed by atoms with Crippen molar-refractivity contribution in [2.75, 3.05) is 0 Å². The molecule has 2 N–H and O–H groups in total.